The average Bonchev–Trinajstić information content (AvgIpc) is 3.39. The van der Waals surface area contributed by atoms with Crippen molar-refractivity contribution in [1.82, 2.24) is 10.3 Å². The number of amides is 2. The fraction of sp³-hybridized carbons (Fsp3) is 0.280. The minimum atomic E-state index is -0.842. The van der Waals surface area contributed by atoms with Gasteiger partial charge in [-0.15, -0.1) is 11.3 Å². The summed E-state index contributed by atoms with van der Waals surface area (Å²) in [5.41, 5.74) is 5.15. The molecule has 0 radical (unpaired) electrons. The van der Waals surface area contributed by atoms with Crippen LogP contribution in [0.25, 0.3) is 11.1 Å². The molecular formula is C25H25N3O5S. The highest BCUT2D eigenvalue weighted by Gasteiger charge is 2.29. The second-order valence-electron chi connectivity index (χ2n) is 7.97. The summed E-state index contributed by atoms with van der Waals surface area (Å²) < 4.78 is 5.52. The molecule has 9 heteroatoms. The molecule has 8 nitrogen and oxygen atoms in total. The second kappa shape index (κ2) is 10.9. The Balaban J connectivity index is 1.25. The number of aliphatic carboxylic acids is 1. The number of nitrogens with one attached hydrogen (secondary N) is 2. The molecule has 0 unspecified atom stereocenters. The Bertz CT molecular complexity index is 1150. The van der Waals surface area contributed by atoms with Gasteiger partial charge in [-0.1, -0.05) is 48.5 Å². The lowest BCUT2D eigenvalue weighted by atomic mass is 9.98. The quantitative estimate of drug-likeness (QED) is 0.371. The Morgan fingerprint density at radius 2 is 1.68 bits per heavy atom. The van der Waals surface area contributed by atoms with E-state index in [-0.39, 0.29) is 31.3 Å². The van der Waals surface area contributed by atoms with Crippen molar-refractivity contribution >= 4 is 34.4 Å². The number of thiazole rings is 1. The topological polar surface area (TPSA) is 118 Å². The first kappa shape index (κ1) is 23.4. The zero-order chi connectivity index (χ0) is 23.9. The van der Waals surface area contributed by atoms with Gasteiger partial charge < -0.3 is 15.2 Å². The molecule has 3 N–H and O–H groups in total. The van der Waals surface area contributed by atoms with Gasteiger partial charge in [0.15, 0.2) is 5.13 Å². The van der Waals surface area contributed by atoms with E-state index >= 15 is 0 Å². The first-order valence-corrected chi connectivity index (χ1v) is 11.9. The summed E-state index contributed by atoms with van der Waals surface area (Å²) >= 11 is 1.22. The smallest absolute Gasteiger partial charge is 0.413 e. The second-order valence-corrected chi connectivity index (χ2v) is 8.83. The van der Waals surface area contributed by atoms with Crippen molar-refractivity contribution in [2.75, 3.05) is 18.5 Å². The number of carbonyl (C=O) groups is 3. The number of ether oxygens (including phenoxy) is 1. The lowest BCUT2D eigenvalue weighted by Gasteiger charge is -2.14. The minimum Gasteiger partial charge on any atom is -0.481 e. The van der Waals surface area contributed by atoms with Gasteiger partial charge in [-0.3, -0.25) is 14.9 Å². The van der Waals surface area contributed by atoms with Crippen molar-refractivity contribution in [3.05, 3.63) is 70.7 Å². The number of unbranched alkanes of at least 4 members (excludes halogenated alkanes) is 1. The van der Waals surface area contributed by atoms with Crippen LogP contribution < -0.4 is 10.6 Å². The highest BCUT2D eigenvalue weighted by atomic mass is 32.1. The predicted molar refractivity (Wildman–Crippen MR) is 129 cm³/mol. The number of fused-ring (bicyclic) bond motifs is 3. The predicted octanol–water partition coefficient (Wildman–Crippen LogP) is 4.42. The van der Waals surface area contributed by atoms with E-state index < -0.39 is 12.1 Å². The molecular weight excluding hydrogens is 454 g/mol. The maximum absolute atomic E-state index is 12.4. The zero-order valence-electron chi connectivity index (χ0n) is 18.5. The molecule has 1 aliphatic rings. The molecule has 0 fully saturated rings. The molecule has 1 heterocycles. The minimum absolute atomic E-state index is 0.0239. The van der Waals surface area contributed by atoms with E-state index in [1.165, 1.54) is 11.3 Å². The average molecular weight is 480 g/mol. The van der Waals surface area contributed by atoms with Crippen LogP contribution in [0.4, 0.5) is 9.93 Å². The van der Waals surface area contributed by atoms with Crippen molar-refractivity contribution < 1.29 is 24.2 Å². The molecule has 0 spiro atoms. The van der Waals surface area contributed by atoms with E-state index in [0.29, 0.717) is 30.2 Å². The third-order valence-electron chi connectivity index (χ3n) is 5.59. The lowest BCUT2D eigenvalue weighted by Crippen LogP contribution is -2.26. The molecule has 3 aromatic rings. The zero-order valence-corrected chi connectivity index (χ0v) is 19.3. The fourth-order valence-corrected chi connectivity index (χ4v) is 4.72. The molecule has 0 aliphatic heterocycles. The lowest BCUT2D eigenvalue weighted by molar-refractivity contribution is -0.137. The highest BCUT2D eigenvalue weighted by molar-refractivity contribution is 7.13. The molecule has 0 saturated carbocycles. The molecule has 2 amide bonds. The van der Waals surface area contributed by atoms with Crippen LogP contribution in [0.1, 0.15) is 42.0 Å². The van der Waals surface area contributed by atoms with Gasteiger partial charge in [-0.25, -0.2) is 9.78 Å². The van der Waals surface area contributed by atoms with Gasteiger partial charge in [0.1, 0.15) is 6.61 Å². The van der Waals surface area contributed by atoms with Crippen molar-refractivity contribution in [2.45, 2.75) is 31.6 Å². The van der Waals surface area contributed by atoms with Gasteiger partial charge in [0.05, 0.1) is 12.1 Å². The van der Waals surface area contributed by atoms with Crippen LogP contribution >= 0.6 is 11.3 Å². The number of carboxylic acid groups (broad SMARTS) is 1. The summed E-state index contributed by atoms with van der Waals surface area (Å²) in [7, 11) is 0. The SMILES string of the molecule is O=C(O)CCCCNC(=O)Cc1csc(NC(=O)OCC2c3ccccc3-c3ccccc32)n1. The molecule has 0 bridgehead atoms. The fourth-order valence-electron chi connectivity index (χ4n) is 4.02. The summed E-state index contributed by atoms with van der Waals surface area (Å²) in [6.45, 7) is 0.628. The van der Waals surface area contributed by atoms with E-state index in [4.69, 9.17) is 9.84 Å². The Morgan fingerprint density at radius 1 is 1.00 bits per heavy atom. The number of aromatic nitrogens is 1. The molecule has 4 rings (SSSR count). The van der Waals surface area contributed by atoms with Gasteiger partial charge in [0.25, 0.3) is 0 Å². The number of carbonyl (C=O) groups excluding carboxylic acids is 2. The summed E-state index contributed by atoms with van der Waals surface area (Å²) in [5.74, 6) is -1.07. The number of carboxylic acids is 1. The number of rotatable bonds is 10. The summed E-state index contributed by atoms with van der Waals surface area (Å²) in [4.78, 5) is 39.2. The van der Waals surface area contributed by atoms with Gasteiger partial charge in [0.2, 0.25) is 5.91 Å². The van der Waals surface area contributed by atoms with Gasteiger partial charge in [-0.05, 0) is 35.1 Å². The van der Waals surface area contributed by atoms with Gasteiger partial charge in [-0.2, -0.15) is 0 Å². The maximum atomic E-state index is 12.4. The van der Waals surface area contributed by atoms with E-state index in [1.54, 1.807) is 5.38 Å². The van der Waals surface area contributed by atoms with Gasteiger partial charge >= 0.3 is 12.1 Å². The molecule has 2 aromatic carbocycles. The first-order chi connectivity index (χ1) is 16.5. The summed E-state index contributed by atoms with van der Waals surface area (Å²) in [5, 5.41) is 16.1. The van der Waals surface area contributed by atoms with Crippen LogP contribution in [0, 0.1) is 0 Å². The number of hydrogen-bond donors (Lipinski definition) is 3. The molecule has 34 heavy (non-hydrogen) atoms. The van der Waals surface area contributed by atoms with Crippen LogP contribution in [-0.4, -0.2) is 41.2 Å². The van der Waals surface area contributed by atoms with Crippen molar-refractivity contribution in [3.63, 3.8) is 0 Å². The molecule has 1 aliphatic carbocycles. The number of benzene rings is 2. The molecule has 0 atom stereocenters. The van der Waals surface area contributed by atoms with Gasteiger partial charge in [0, 0.05) is 24.3 Å². The normalized spacial score (nSPS) is 12.0. The number of hydrogen-bond acceptors (Lipinski definition) is 6. The first-order valence-electron chi connectivity index (χ1n) is 11.1. The number of nitrogens with zero attached hydrogens (tertiary/aromatic N) is 1. The number of anilines is 1. The standard InChI is InChI=1S/C25H25N3O5S/c29-22(26-12-6-5-11-23(30)31)13-16-15-34-24(27-16)28-25(32)33-14-21-19-9-3-1-7-17(19)18-8-2-4-10-20(18)21/h1-4,7-10,15,21H,5-6,11-14H2,(H,26,29)(H,30,31)(H,27,28,32). The Morgan fingerprint density at radius 3 is 2.35 bits per heavy atom. The largest absolute Gasteiger partial charge is 0.481 e. The Kier molecular flexibility index (Phi) is 7.54. The van der Waals surface area contributed by atoms with Crippen LogP contribution in [0.15, 0.2) is 53.9 Å². The Hall–Kier alpha value is -3.72. The van der Waals surface area contributed by atoms with Crippen LogP contribution in [-0.2, 0) is 20.7 Å². The summed E-state index contributed by atoms with van der Waals surface area (Å²) in [6.07, 6.45) is 0.699. The van der Waals surface area contributed by atoms with Crippen molar-refractivity contribution in [2.24, 2.45) is 0 Å². The van der Waals surface area contributed by atoms with Crippen LogP contribution in [0.3, 0.4) is 0 Å². The summed E-state index contributed by atoms with van der Waals surface area (Å²) in [6, 6.07) is 16.3. The van der Waals surface area contributed by atoms with Crippen molar-refractivity contribution in [1.29, 1.82) is 0 Å². The monoisotopic (exact) mass is 479 g/mol. The third kappa shape index (κ3) is 5.79. The highest BCUT2D eigenvalue weighted by Crippen LogP contribution is 2.44. The Labute approximate surface area is 201 Å². The van der Waals surface area contributed by atoms with Crippen molar-refractivity contribution in [3.8, 4) is 11.1 Å². The third-order valence-corrected chi connectivity index (χ3v) is 6.39. The van der Waals surface area contributed by atoms with E-state index in [9.17, 15) is 14.4 Å². The molecule has 176 valence electrons. The van der Waals surface area contributed by atoms with E-state index in [1.807, 2.05) is 24.3 Å². The maximum Gasteiger partial charge on any atom is 0.413 e. The van der Waals surface area contributed by atoms with E-state index in [2.05, 4.69) is 39.9 Å². The van der Waals surface area contributed by atoms with E-state index in [0.717, 1.165) is 22.3 Å². The van der Waals surface area contributed by atoms with Crippen LogP contribution in [0.5, 0.6) is 0 Å². The molecule has 1 aromatic heterocycles. The molecule has 0 saturated heterocycles. The van der Waals surface area contributed by atoms with Crippen LogP contribution in [0.2, 0.25) is 0 Å².